The zero-order chi connectivity index (χ0) is 17.8. The summed E-state index contributed by atoms with van der Waals surface area (Å²) in [7, 11) is 0. The number of nitrogens with one attached hydrogen (secondary N) is 2. The van der Waals surface area contributed by atoms with Gasteiger partial charge in [-0.25, -0.2) is 0 Å². The van der Waals surface area contributed by atoms with Crippen LogP contribution >= 0.6 is 0 Å². The van der Waals surface area contributed by atoms with Crippen LogP contribution in [0.4, 0.5) is 0 Å². The highest BCUT2D eigenvalue weighted by atomic mass is 16.6. The molecule has 2 aliphatic rings. The van der Waals surface area contributed by atoms with E-state index in [0.29, 0.717) is 19.0 Å². The standard InChI is InChI=1S/C19H26N2O4/c1-12(15-7-8-16-17(11-15)25-10-9-24-16)20-19(23)18(21-13(2)22)14-5-3-4-6-14/h7-8,11-12,14,18H,3-6,9-10H2,1-2H3,(H,20,23)(H,21,22). The number of hydrogen-bond donors (Lipinski definition) is 2. The van der Waals surface area contributed by atoms with Crippen molar-refractivity contribution in [2.24, 2.45) is 5.92 Å². The highest BCUT2D eigenvalue weighted by Crippen LogP contribution is 2.33. The van der Waals surface area contributed by atoms with Gasteiger partial charge in [0.2, 0.25) is 11.8 Å². The molecule has 1 heterocycles. The van der Waals surface area contributed by atoms with Crippen molar-refractivity contribution in [3.63, 3.8) is 0 Å². The van der Waals surface area contributed by atoms with Gasteiger partial charge in [0.25, 0.3) is 0 Å². The molecule has 2 N–H and O–H groups in total. The lowest BCUT2D eigenvalue weighted by Crippen LogP contribution is -2.50. The summed E-state index contributed by atoms with van der Waals surface area (Å²) in [5, 5.41) is 5.87. The number of fused-ring (bicyclic) bond motifs is 1. The Labute approximate surface area is 148 Å². The summed E-state index contributed by atoms with van der Waals surface area (Å²) in [6.45, 7) is 4.48. The monoisotopic (exact) mass is 346 g/mol. The molecule has 2 amide bonds. The molecule has 1 aromatic rings. The van der Waals surface area contributed by atoms with Crippen LogP contribution in [0.25, 0.3) is 0 Å². The van der Waals surface area contributed by atoms with Gasteiger partial charge in [0.05, 0.1) is 6.04 Å². The van der Waals surface area contributed by atoms with E-state index in [2.05, 4.69) is 10.6 Å². The van der Waals surface area contributed by atoms with E-state index in [9.17, 15) is 9.59 Å². The van der Waals surface area contributed by atoms with Gasteiger partial charge in [0.15, 0.2) is 11.5 Å². The summed E-state index contributed by atoms with van der Waals surface area (Å²) in [4.78, 5) is 24.3. The third-order valence-corrected chi connectivity index (χ3v) is 4.94. The summed E-state index contributed by atoms with van der Waals surface area (Å²) in [5.41, 5.74) is 0.950. The Hall–Kier alpha value is -2.24. The molecule has 2 unspecified atom stereocenters. The van der Waals surface area contributed by atoms with E-state index in [4.69, 9.17) is 9.47 Å². The van der Waals surface area contributed by atoms with Crippen LogP contribution < -0.4 is 20.1 Å². The average molecular weight is 346 g/mol. The van der Waals surface area contributed by atoms with Crippen molar-refractivity contribution in [3.8, 4) is 11.5 Å². The zero-order valence-corrected chi connectivity index (χ0v) is 14.8. The summed E-state index contributed by atoms with van der Waals surface area (Å²) >= 11 is 0. The number of ether oxygens (including phenoxy) is 2. The van der Waals surface area contributed by atoms with E-state index in [-0.39, 0.29) is 23.8 Å². The maximum Gasteiger partial charge on any atom is 0.243 e. The van der Waals surface area contributed by atoms with E-state index < -0.39 is 6.04 Å². The van der Waals surface area contributed by atoms with Crippen LogP contribution in [0.5, 0.6) is 11.5 Å². The Morgan fingerprint density at radius 3 is 2.44 bits per heavy atom. The Balaban J connectivity index is 1.68. The third-order valence-electron chi connectivity index (χ3n) is 4.94. The smallest absolute Gasteiger partial charge is 0.243 e. The van der Waals surface area contributed by atoms with Gasteiger partial charge in [0, 0.05) is 6.92 Å². The van der Waals surface area contributed by atoms with Crippen molar-refractivity contribution >= 4 is 11.8 Å². The molecular weight excluding hydrogens is 320 g/mol. The molecule has 1 aliphatic carbocycles. The Morgan fingerprint density at radius 2 is 1.76 bits per heavy atom. The van der Waals surface area contributed by atoms with Gasteiger partial charge >= 0.3 is 0 Å². The number of benzene rings is 1. The molecular formula is C19H26N2O4. The molecule has 1 saturated carbocycles. The molecule has 6 nitrogen and oxygen atoms in total. The molecule has 1 fully saturated rings. The lowest BCUT2D eigenvalue weighted by Gasteiger charge is -2.26. The average Bonchev–Trinajstić information content (AvgIpc) is 3.13. The minimum Gasteiger partial charge on any atom is -0.486 e. The van der Waals surface area contributed by atoms with Gasteiger partial charge in [-0.15, -0.1) is 0 Å². The van der Waals surface area contributed by atoms with Crippen LogP contribution in [-0.4, -0.2) is 31.1 Å². The number of amides is 2. The van der Waals surface area contributed by atoms with Crippen LogP contribution in [-0.2, 0) is 9.59 Å². The Morgan fingerprint density at radius 1 is 1.08 bits per heavy atom. The van der Waals surface area contributed by atoms with E-state index in [1.807, 2.05) is 25.1 Å². The molecule has 136 valence electrons. The molecule has 1 aliphatic heterocycles. The highest BCUT2D eigenvalue weighted by Gasteiger charge is 2.32. The van der Waals surface area contributed by atoms with E-state index >= 15 is 0 Å². The molecule has 3 rings (SSSR count). The largest absolute Gasteiger partial charge is 0.486 e. The first-order valence-electron chi connectivity index (χ1n) is 9.01. The van der Waals surface area contributed by atoms with Gasteiger partial charge in [0.1, 0.15) is 19.3 Å². The molecule has 1 aromatic carbocycles. The van der Waals surface area contributed by atoms with Gasteiger partial charge < -0.3 is 20.1 Å². The fourth-order valence-electron chi connectivity index (χ4n) is 3.62. The topological polar surface area (TPSA) is 76.7 Å². The van der Waals surface area contributed by atoms with Crippen LogP contribution in [0.15, 0.2) is 18.2 Å². The summed E-state index contributed by atoms with van der Waals surface area (Å²) in [6.07, 6.45) is 4.20. The predicted molar refractivity (Wildman–Crippen MR) is 93.6 cm³/mol. The predicted octanol–water partition coefficient (Wildman–Crippen LogP) is 2.33. The zero-order valence-electron chi connectivity index (χ0n) is 14.8. The van der Waals surface area contributed by atoms with Crippen molar-refractivity contribution in [1.29, 1.82) is 0 Å². The molecule has 0 spiro atoms. The van der Waals surface area contributed by atoms with E-state index in [1.54, 1.807) is 0 Å². The van der Waals surface area contributed by atoms with Gasteiger partial charge in [-0.3, -0.25) is 9.59 Å². The SMILES string of the molecule is CC(=O)NC(C(=O)NC(C)c1ccc2c(c1)OCCO2)C1CCCC1. The molecule has 6 heteroatoms. The molecule has 0 radical (unpaired) electrons. The second kappa shape index (κ2) is 7.76. The number of rotatable bonds is 5. The van der Waals surface area contributed by atoms with Crippen molar-refractivity contribution in [2.45, 2.75) is 51.6 Å². The van der Waals surface area contributed by atoms with Crippen LogP contribution in [0.1, 0.15) is 51.1 Å². The normalized spacial score (nSPS) is 19.1. The van der Waals surface area contributed by atoms with Crippen LogP contribution in [0.3, 0.4) is 0 Å². The molecule has 25 heavy (non-hydrogen) atoms. The maximum atomic E-state index is 12.8. The van der Waals surface area contributed by atoms with Crippen molar-refractivity contribution < 1.29 is 19.1 Å². The van der Waals surface area contributed by atoms with Gasteiger partial charge in [-0.1, -0.05) is 18.9 Å². The van der Waals surface area contributed by atoms with Crippen molar-refractivity contribution in [2.75, 3.05) is 13.2 Å². The Kier molecular flexibility index (Phi) is 5.46. The number of carbonyl (C=O) groups is 2. The van der Waals surface area contributed by atoms with Crippen LogP contribution in [0.2, 0.25) is 0 Å². The maximum absolute atomic E-state index is 12.8. The fourth-order valence-corrected chi connectivity index (χ4v) is 3.62. The summed E-state index contributed by atoms with van der Waals surface area (Å²) in [6, 6.07) is 5.07. The minimum absolute atomic E-state index is 0.121. The van der Waals surface area contributed by atoms with Crippen LogP contribution in [0, 0.1) is 5.92 Å². The van der Waals surface area contributed by atoms with E-state index in [0.717, 1.165) is 37.0 Å². The quantitative estimate of drug-likeness (QED) is 0.858. The molecule has 0 saturated heterocycles. The lowest BCUT2D eigenvalue weighted by atomic mass is 9.96. The molecule has 0 aromatic heterocycles. The minimum atomic E-state index is -0.459. The first-order chi connectivity index (χ1) is 12.0. The van der Waals surface area contributed by atoms with E-state index in [1.165, 1.54) is 6.92 Å². The summed E-state index contributed by atoms with van der Waals surface area (Å²) in [5.74, 6) is 1.37. The second-order valence-corrected chi connectivity index (χ2v) is 6.86. The second-order valence-electron chi connectivity index (χ2n) is 6.86. The highest BCUT2D eigenvalue weighted by molar-refractivity contribution is 5.87. The first-order valence-corrected chi connectivity index (χ1v) is 9.01. The molecule has 2 atom stereocenters. The van der Waals surface area contributed by atoms with Crippen molar-refractivity contribution in [1.82, 2.24) is 10.6 Å². The summed E-state index contributed by atoms with van der Waals surface area (Å²) < 4.78 is 11.1. The third kappa shape index (κ3) is 4.24. The number of carbonyl (C=O) groups excluding carboxylic acids is 2. The fraction of sp³-hybridized carbons (Fsp3) is 0.579. The lowest BCUT2D eigenvalue weighted by molar-refractivity contribution is -0.129. The first kappa shape index (κ1) is 17.6. The number of hydrogen-bond acceptors (Lipinski definition) is 4. The van der Waals surface area contributed by atoms with Gasteiger partial charge in [-0.05, 0) is 43.4 Å². The van der Waals surface area contributed by atoms with Crippen molar-refractivity contribution in [3.05, 3.63) is 23.8 Å². The molecule has 0 bridgehead atoms. The van der Waals surface area contributed by atoms with Gasteiger partial charge in [-0.2, -0.15) is 0 Å². The Bertz CT molecular complexity index is 640.